The molecule has 202 valence electrons. The highest BCUT2D eigenvalue weighted by molar-refractivity contribution is 5.94. The second kappa shape index (κ2) is 13.4. The van der Waals surface area contributed by atoms with Crippen molar-refractivity contribution in [3.05, 3.63) is 36.0 Å². The first-order valence-electron chi connectivity index (χ1n) is 12.1. The number of aromatic amines is 1. The molecule has 0 saturated heterocycles. The van der Waals surface area contributed by atoms with Crippen LogP contribution >= 0.6 is 0 Å². The number of para-hydroxylation sites is 1. The van der Waals surface area contributed by atoms with Crippen LogP contribution in [0.15, 0.2) is 30.5 Å². The standard InChI is InChI=1S/C25H36N6O6/c1-13(2)10-19(30-22(33)14(3)29-23(34)17(26)8-9-21(27)32)24(35)31-20(25(36)37)11-15-12-28-18-7-5-4-6-16(15)18/h4-7,12-14,17,19-20,28H,8-11,26H2,1-3H3,(H2,27,32)(H,29,34)(H,30,33)(H,31,35)(H,36,37). The summed E-state index contributed by atoms with van der Waals surface area (Å²) in [5.41, 5.74) is 12.4. The molecule has 1 aromatic carbocycles. The summed E-state index contributed by atoms with van der Waals surface area (Å²) in [5.74, 6) is -3.73. The lowest BCUT2D eigenvalue weighted by Crippen LogP contribution is -2.56. The highest BCUT2D eigenvalue weighted by Gasteiger charge is 2.30. The van der Waals surface area contributed by atoms with Crippen molar-refractivity contribution in [1.29, 1.82) is 0 Å². The molecule has 1 heterocycles. The van der Waals surface area contributed by atoms with E-state index < -0.39 is 53.8 Å². The molecular formula is C25H36N6O6. The maximum Gasteiger partial charge on any atom is 0.326 e. The van der Waals surface area contributed by atoms with Crippen LogP contribution in [-0.2, 0) is 30.4 Å². The van der Waals surface area contributed by atoms with E-state index in [-0.39, 0.29) is 31.6 Å². The second-order valence-electron chi connectivity index (χ2n) is 9.50. The van der Waals surface area contributed by atoms with E-state index >= 15 is 0 Å². The van der Waals surface area contributed by atoms with Crippen LogP contribution in [0.3, 0.4) is 0 Å². The average Bonchev–Trinajstić information content (AvgIpc) is 3.23. The van der Waals surface area contributed by atoms with Gasteiger partial charge in [-0.3, -0.25) is 19.2 Å². The van der Waals surface area contributed by atoms with E-state index in [2.05, 4.69) is 20.9 Å². The number of carbonyl (C=O) groups is 5. The number of carbonyl (C=O) groups excluding carboxylic acids is 4. The van der Waals surface area contributed by atoms with Crippen molar-refractivity contribution in [2.24, 2.45) is 17.4 Å². The van der Waals surface area contributed by atoms with Crippen LogP contribution in [-0.4, -0.2) is 63.9 Å². The van der Waals surface area contributed by atoms with Crippen LogP contribution in [0.2, 0.25) is 0 Å². The molecule has 0 aliphatic rings. The minimum atomic E-state index is -1.22. The van der Waals surface area contributed by atoms with Crippen molar-refractivity contribution in [3.63, 3.8) is 0 Å². The maximum atomic E-state index is 13.1. The molecule has 4 unspecified atom stereocenters. The van der Waals surface area contributed by atoms with Crippen molar-refractivity contribution in [1.82, 2.24) is 20.9 Å². The number of aromatic nitrogens is 1. The molecule has 0 spiro atoms. The number of carboxylic acid groups (broad SMARTS) is 1. The smallest absolute Gasteiger partial charge is 0.326 e. The molecule has 2 rings (SSSR count). The Morgan fingerprint density at radius 3 is 2.22 bits per heavy atom. The van der Waals surface area contributed by atoms with Crippen LogP contribution in [0.1, 0.15) is 45.6 Å². The highest BCUT2D eigenvalue weighted by Crippen LogP contribution is 2.19. The Labute approximate surface area is 214 Å². The number of rotatable bonds is 14. The molecule has 0 aliphatic heterocycles. The summed E-state index contributed by atoms with van der Waals surface area (Å²) in [4.78, 5) is 64.0. The molecule has 9 N–H and O–H groups in total. The first-order chi connectivity index (χ1) is 17.4. The predicted octanol–water partition coefficient (Wildman–Crippen LogP) is -0.0918. The van der Waals surface area contributed by atoms with Gasteiger partial charge in [0.05, 0.1) is 6.04 Å². The van der Waals surface area contributed by atoms with E-state index in [4.69, 9.17) is 11.5 Å². The molecule has 37 heavy (non-hydrogen) atoms. The SMILES string of the molecule is CC(C)CC(NC(=O)C(C)NC(=O)C(N)CCC(N)=O)C(=O)NC(Cc1c[nH]c2ccccc12)C(=O)O. The zero-order valence-electron chi connectivity index (χ0n) is 21.2. The Kier molecular flexibility index (Phi) is 10.6. The number of primary amides is 1. The Morgan fingerprint density at radius 1 is 0.946 bits per heavy atom. The molecule has 0 bridgehead atoms. The molecular weight excluding hydrogens is 480 g/mol. The van der Waals surface area contributed by atoms with Crippen molar-refractivity contribution in [3.8, 4) is 0 Å². The molecule has 4 amide bonds. The summed E-state index contributed by atoms with van der Waals surface area (Å²) in [7, 11) is 0. The van der Waals surface area contributed by atoms with E-state index in [1.165, 1.54) is 6.92 Å². The number of amides is 4. The topological polar surface area (TPSA) is 209 Å². The van der Waals surface area contributed by atoms with Gasteiger partial charge in [0.25, 0.3) is 0 Å². The van der Waals surface area contributed by atoms with Gasteiger partial charge in [-0.15, -0.1) is 0 Å². The summed E-state index contributed by atoms with van der Waals surface area (Å²) in [6.45, 7) is 5.14. The van der Waals surface area contributed by atoms with Crippen LogP contribution in [0.4, 0.5) is 0 Å². The zero-order chi connectivity index (χ0) is 27.7. The minimum Gasteiger partial charge on any atom is -0.480 e. The predicted molar refractivity (Wildman–Crippen MR) is 137 cm³/mol. The highest BCUT2D eigenvalue weighted by atomic mass is 16.4. The largest absolute Gasteiger partial charge is 0.480 e. The van der Waals surface area contributed by atoms with E-state index in [0.717, 1.165) is 16.5 Å². The number of carboxylic acids is 1. The molecule has 12 nitrogen and oxygen atoms in total. The quantitative estimate of drug-likeness (QED) is 0.181. The summed E-state index contributed by atoms with van der Waals surface area (Å²) < 4.78 is 0. The van der Waals surface area contributed by atoms with Crippen LogP contribution in [0.25, 0.3) is 10.9 Å². The average molecular weight is 517 g/mol. The van der Waals surface area contributed by atoms with Gasteiger partial charge in [0.1, 0.15) is 18.1 Å². The zero-order valence-corrected chi connectivity index (χ0v) is 21.2. The molecule has 1 aromatic heterocycles. The van der Waals surface area contributed by atoms with E-state index in [9.17, 15) is 29.1 Å². The Bertz CT molecular complexity index is 1130. The number of nitrogens with one attached hydrogen (secondary N) is 4. The number of benzene rings is 1. The first kappa shape index (κ1) is 29.3. The summed E-state index contributed by atoms with van der Waals surface area (Å²) >= 11 is 0. The lowest BCUT2D eigenvalue weighted by molar-refractivity contribution is -0.142. The van der Waals surface area contributed by atoms with Crippen LogP contribution in [0, 0.1) is 5.92 Å². The fourth-order valence-corrected chi connectivity index (χ4v) is 3.81. The molecule has 0 fully saturated rings. The van der Waals surface area contributed by atoms with Crippen molar-refractivity contribution in [2.75, 3.05) is 0 Å². The number of aliphatic carboxylic acids is 1. The summed E-state index contributed by atoms with van der Waals surface area (Å²) in [6.07, 6.45) is 1.95. The lowest BCUT2D eigenvalue weighted by Gasteiger charge is -2.25. The molecule has 4 atom stereocenters. The Balaban J connectivity index is 2.05. The lowest BCUT2D eigenvalue weighted by atomic mass is 10.0. The summed E-state index contributed by atoms with van der Waals surface area (Å²) in [6, 6.07) is 3.11. The third-order valence-corrected chi connectivity index (χ3v) is 5.84. The molecule has 0 aliphatic carbocycles. The molecule has 0 saturated carbocycles. The fourth-order valence-electron chi connectivity index (χ4n) is 3.81. The van der Waals surface area contributed by atoms with Crippen molar-refractivity contribution in [2.45, 2.75) is 70.6 Å². The number of fused-ring (bicyclic) bond motifs is 1. The van der Waals surface area contributed by atoms with Crippen molar-refractivity contribution < 1.29 is 29.1 Å². The van der Waals surface area contributed by atoms with Gasteiger partial charge in [0.15, 0.2) is 0 Å². The van der Waals surface area contributed by atoms with Gasteiger partial charge in [0, 0.05) is 29.9 Å². The minimum absolute atomic E-state index is 0.0000599. The molecule has 0 radical (unpaired) electrons. The monoisotopic (exact) mass is 516 g/mol. The first-order valence-corrected chi connectivity index (χ1v) is 12.1. The van der Waals surface area contributed by atoms with E-state index in [1.54, 1.807) is 6.20 Å². The number of H-pyrrole nitrogens is 1. The van der Waals surface area contributed by atoms with Gasteiger partial charge in [-0.05, 0) is 37.3 Å². The van der Waals surface area contributed by atoms with Gasteiger partial charge in [0.2, 0.25) is 23.6 Å². The van der Waals surface area contributed by atoms with Gasteiger partial charge in [-0.25, -0.2) is 4.79 Å². The molecule has 2 aromatic rings. The third-order valence-electron chi connectivity index (χ3n) is 5.84. The molecule has 12 heteroatoms. The Hall–Kier alpha value is -3.93. The van der Waals surface area contributed by atoms with E-state index in [0.29, 0.717) is 0 Å². The number of nitrogens with two attached hydrogens (primary N) is 2. The number of hydrogen-bond donors (Lipinski definition) is 7. The fraction of sp³-hybridized carbons (Fsp3) is 0.480. The second-order valence-corrected chi connectivity index (χ2v) is 9.50. The van der Waals surface area contributed by atoms with Gasteiger partial charge in [-0.2, -0.15) is 0 Å². The van der Waals surface area contributed by atoms with E-state index in [1.807, 2.05) is 38.1 Å². The third kappa shape index (κ3) is 8.90. The van der Waals surface area contributed by atoms with Gasteiger partial charge < -0.3 is 37.5 Å². The Morgan fingerprint density at radius 2 is 1.59 bits per heavy atom. The number of hydrogen-bond acceptors (Lipinski definition) is 6. The summed E-state index contributed by atoms with van der Waals surface area (Å²) in [5, 5.41) is 18.2. The van der Waals surface area contributed by atoms with Gasteiger partial charge in [-0.1, -0.05) is 32.0 Å². The maximum absolute atomic E-state index is 13.1. The van der Waals surface area contributed by atoms with Crippen molar-refractivity contribution >= 4 is 40.5 Å². The van der Waals surface area contributed by atoms with Crippen LogP contribution < -0.4 is 27.4 Å². The van der Waals surface area contributed by atoms with Gasteiger partial charge >= 0.3 is 5.97 Å². The normalized spacial score (nSPS) is 14.4. The van der Waals surface area contributed by atoms with Crippen LogP contribution in [0.5, 0.6) is 0 Å².